The van der Waals surface area contributed by atoms with Crippen molar-refractivity contribution in [3.05, 3.63) is 35.5 Å². The number of nitrogens with one attached hydrogen (secondary N) is 1. The van der Waals surface area contributed by atoms with Gasteiger partial charge in [-0.1, -0.05) is 6.07 Å². The van der Waals surface area contributed by atoms with Crippen molar-refractivity contribution >= 4 is 25.0 Å². The highest BCUT2D eigenvalue weighted by Crippen LogP contribution is 2.27. The van der Waals surface area contributed by atoms with Gasteiger partial charge in [0.05, 0.1) is 12.2 Å². The van der Waals surface area contributed by atoms with Crippen LogP contribution >= 0.6 is 0 Å². The van der Waals surface area contributed by atoms with Crippen molar-refractivity contribution in [1.29, 1.82) is 0 Å². The van der Waals surface area contributed by atoms with Gasteiger partial charge in [-0.25, -0.2) is 0 Å². The molecule has 1 amide bonds. The number of hydrogen-bond donors (Lipinski definition) is 1. The summed E-state index contributed by atoms with van der Waals surface area (Å²) in [6.45, 7) is 2.51. The number of nitrogens with zero attached hydrogens (tertiary/aromatic N) is 2. The van der Waals surface area contributed by atoms with Gasteiger partial charge in [0, 0.05) is 29.8 Å². The Balaban J connectivity index is 1.93. The van der Waals surface area contributed by atoms with Gasteiger partial charge in [-0.2, -0.15) is 5.10 Å². The van der Waals surface area contributed by atoms with Crippen LogP contribution in [0.5, 0.6) is 5.75 Å². The van der Waals surface area contributed by atoms with E-state index in [0.29, 0.717) is 18.7 Å². The molecule has 5 nitrogen and oxygen atoms in total. The SMILES string of the molecule is [B]c1cc2n(n1)Cc1ccc(NC(C)=O)cc1OC2. The van der Waals surface area contributed by atoms with Gasteiger partial charge in [0.15, 0.2) is 0 Å². The Hall–Kier alpha value is -2.24. The molecule has 1 aliphatic rings. The third-order valence-electron chi connectivity index (χ3n) is 2.97. The highest BCUT2D eigenvalue weighted by atomic mass is 16.5. The summed E-state index contributed by atoms with van der Waals surface area (Å²) in [5.41, 5.74) is 3.17. The van der Waals surface area contributed by atoms with Gasteiger partial charge in [-0.3, -0.25) is 9.48 Å². The molecule has 0 unspecified atom stereocenters. The number of carbonyl (C=O) groups excluding carboxylic acids is 1. The van der Waals surface area contributed by atoms with Gasteiger partial charge in [0.25, 0.3) is 0 Å². The standard InChI is InChI=1S/C13H12BN3O2/c1-8(18)15-10-3-2-9-6-17-11(5-13(14)16-17)7-19-12(9)4-10/h2-5H,6-7H2,1H3,(H,15,18). The normalized spacial score (nSPS) is 12.9. The van der Waals surface area contributed by atoms with Crippen LogP contribution in [0, 0.1) is 0 Å². The quantitative estimate of drug-likeness (QED) is 0.756. The fraction of sp³-hybridized carbons (Fsp3) is 0.231. The fourth-order valence-electron chi connectivity index (χ4n) is 2.14. The summed E-state index contributed by atoms with van der Waals surface area (Å²) in [6, 6.07) is 7.40. The molecule has 0 saturated heterocycles. The minimum atomic E-state index is -0.103. The number of fused-ring (bicyclic) bond motifs is 2. The van der Waals surface area contributed by atoms with E-state index in [9.17, 15) is 4.79 Å². The Labute approximate surface area is 112 Å². The Morgan fingerprint density at radius 2 is 2.32 bits per heavy atom. The maximum Gasteiger partial charge on any atom is 0.221 e. The molecule has 3 rings (SSSR count). The molecule has 6 heteroatoms. The molecule has 2 heterocycles. The number of aromatic nitrogens is 2. The number of carbonyl (C=O) groups is 1. The van der Waals surface area contributed by atoms with Crippen molar-refractivity contribution in [3.63, 3.8) is 0 Å². The minimum Gasteiger partial charge on any atom is -0.487 e. The zero-order valence-corrected chi connectivity index (χ0v) is 10.5. The van der Waals surface area contributed by atoms with Crippen molar-refractivity contribution in [1.82, 2.24) is 9.78 Å². The van der Waals surface area contributed by atoms with Crippen molar-refractivity contribution in [2.24, 2.45) is 0 Å². The summed E-state index contributed by atoms with van der Waals surface area (Å²) in [7, 11) is 5.67. The van der Waals surface area contributed by atoms with Crippen LogP contribution in [0.15, 0.2) is 24.3 Å². The number of amides is 1. The van der Waals surface area contributed by atoms with Crippen LogP contribution in [0.2, 0.25) is 0 Å². The maximum atomic E-state index is 11.0. The van der Waals surface area contributed by atoms with Crippen LogP contribution < -0.4 is 15.6 Å². The summed E-state index contributed by atoms with van der Waals surface area (Å²) in [4.78, 5) is 11.0. The molecule has 1 aliphatic heterocycles. The number of ether oxygens (including phenoxy) is 1. The fourth-order valence-corrected chi connectivity index (χ4v) is 2.14. The molecule has 0 aliphatic carbocycles. The van der Waals surface area contributed by atoms with Gasteiger partial charge in [-0.15, -0.1) is 0 Å². The van der Waals surface area contributed by atoms with Crippen LogP contribution in [-0.2, 0) is 17.9 Å². The predicted molar refractivity (Wildman–Crippen MR) is 71.8 cm³/mol. The molecule has 2 radical (unpaired) electrons. The number of benzene rings is 1. The molecule has 2 aromatic rings. The number of hydrogen-bond acceptors (Lipinski definition) is 3. The predicted octanol–water partition coefficient (Wildman–Crippen LogP) is 0.576. The summed E-state index contributed by atoms with van der Waals surface area (Å²) in [5.74, 6) is 0.657. The molecule has 0 saturated carbocycles. The lowest BCUT2D eigenvalue weighted by molar-refractivity contribution is -0.114. The van der Waals surface area contributed by atoms with Gasteiger partial charge < -0.3 is 10.1 Å². The highest BCUT2D eigenvalue weighted by Gasteiger charge is 2.15. The van der Waals surface area contributed by atoms with Gasteiger partial charge in [0.2, 0.25) is 5.91 Å². The molecule has 0 bridgehead atoms. The maximum absolute atomic E-state index is 11.0. The molecular formula is C13H12BN3O2. The average molecular weight is 253 g/mol. The van der Waals surface area contributed by atoms with E-state index >= 15 is 0 Å². The number of rotatable bonds is 1. The monoisotopic (exact) mass is 253 g/mol. The molecule has 0 fully saturated rings. The van der Waals surface area contributed by atoms with Crippen LogP contribution in [0.3, 0.4) is 0 Å². The molecule has 94 valence electrons. The number of anilines is 1. The molecule has 19 heavy (non-hydrogen) atoms. The van der Waals surface area contributed by atoms with Gasteiger partial charge in [-0.05, 0) is 12.1 Å². The van der Waals surface area contributed by atoms with E-state index in [2.05, 4.69) is 10.4 Å². The lowest BCUT2D eigenvalue weighted by Crippen LogP contribution is -2.09. The largest absolute Gasteiger partial charge is 0.487 e. The molecule has 1 N–H and O–H groups in total. The Morgan fingerprint density at radius 3 is 3.11 bits per heavy atom. The van der Waals surface area contributed by atoms with Gasteiger partial charge in [0.1, 0.15) is 20.2 Å². The van der Waals surface area contributed by atoms with E-state index in [0.717, 1.165) is 22.7 Å². The van der Waals surface area contributed by atoms with Crippen molar-refractivity contribution < 1.29 is 9.53 Å². The lowest BCUT2D eigenvalue weighted by atomic mass is 10.1. The van der Waals surface area contributed by atoms with Gasteiger partial charge >= 0.3 is 0 Å². The lowest BCUT2D eigenvalue weighted by Gasteiger charge is -2.09. The smallest absolute Gasteiger partial charge is 0.221 e. The second-order valence-corrected chi connectivity index (χ2v) is 4.51. The van der Waals surface area contributed by atoms with Crippen LogP contribution in [0.25, 0.3) is 0 Å². The molecular weight excluding hydrogens is 241 g/mol. The zero-order valence-electron chi connectivity index (χ0n) is 10.5. The molecule has 1 aromatic heterocycles. The van der Waals surface area contributed by atoms with Crippen molar-refractivity contribution in [2.75, 3.05) is 5.32 Å². The summed E-state index contributed by atoms with van der Waals surface area (Å²) >= 11 is 0. The van der Waals surface area contributed by atoms with Crippen molar-refractivity contribution in [2.45, 2.75) is 20.1 Å². The Morgan fingerprint density at radius 1 is 1.47 bits per heavy atom. The van der Waals surface area contributed by atoms with E-state index < -0.39 is 0 Å². The third kappa shape index (κ3) is 2.34. The summed E-state index contributed by atoms with van der Waals surface area (Å²) in [6.07, 6.45) is 0. The van der Waals surface area contributed by atoms with E-state index in [4.69, 9.17) is 12.6 Å². The van der Waals surface area contributed by atoms with E-state index in [1.807, 2.05) is 22.9 Å². The highest BCUT2D eigenvalue weighted by molar-refractivity contribution is 6.30. The van der Waals surface area contributed by atoms with E-state index in [1.165, 1.54) is 6.92 Å². The summed E-state index contributed by atoms with van der Waals surface area (Å²) < 4.78 is 7.58. The third-order valence-corrected chi connectivity index (χ3v) is 2.97. The Kier molecular flexibility index (Phi) is 2.78. The van der Waals surface area contributed by atoms with Crippen LogP contribution in [-0.4, -0.2) is 23.5 Å². The second-order valence-electron chi connectivity index (χ2n) is 4.51. The first-order chi connectivity index (χ1) is 9.11. The van der Waals surface area contributed by atoms with Crippen LogP contribution in [0.1, 0.15) is 18.2 Å². The van der Waals surface area contributed by atoms with E-state index in [1.54, 1.807) is 6.07 Å². The van der Waals surface area contributed by atoms with Crippen LogP contribution in [0.4, 0.5) is 5.69 Å². The van der Waals surface area contributed by atoms with E-state index in [-0.39, 0.29) is 5.91 Å². The first-order valence-electron chi connectivity index (χ1n) is 5.97. The van der Waals surface area contributed by atoms with Crippen molar-refractivity contribution in [3.8, 4) is 5.75 Å². The summed E-state index contributed by atoms with van der Waals surface area (Å²) in [5, 5.41) is 6.96. The Bertz CT molecular complexity index is 651. The second kappa shape index (κ2) is 4.46. The topological polar surface area (TPSA) is 56.2 Å². The minimum absolute atomic E-state index is 0.103. The molecule has 0 atom stereocenters. The average Bonchev–Trinajstić information content (AvgIpc) is 2.60. The zero-order chi connectivity index (χ0) is 13.4. The molecule has 0 spiro atoms. The first-order valence-corrected chi connectivity index (χ1v) is 5.97. The molecule has 1 aromatic carbocycles. The first kappa shape index (κ1) is 11.8.